The standard InChI is InChI=1S/C11H18N3O.ClH/c1-3-12-6-7-13(11(12)2)10-14(15)8-4-5-9-14;/h3,6-7H,1,4-5,8-10H2,2H3;1H/q+1;/p-1. The minimum absolute atomic E-state index is 0. The van der Waals surface area contributed by atoms with E-state index in [4.69, 9.17) is 0 Å². The molecule has 0 radical (unpaired) electrons. The lowest BCUT2D eigenvalue weighted by molar-refractivity contribution is -0.890. The summed E-state index contributed by atoms with van der Waals surface area (Å²) in [6, 6.07) is 0. The molecule has 0 saturated carbocycles. The number of nitrogens with zero attached hydrogens (tertiary/aromatic N) is 3. The van der Waals surface area contributed by atoms with Gasteiger partial charge in [0.25, 0.3) is 0 Å². The lowest BCUT2D eigenvalue weighted by Gasteiger charge is -2.37. The van der Waals surface area contributed by atoms with E-state index >= 15 is 0 Å². The molecule has 0 amide bonds. The Balaban J connectivity index is 0.00000128. The second-order valence-electron chi connectivity index (χ2n) is 4.26. The van der Waals surface area contributed by atoms with E-state index in [-0.39, 0.29) is 17.1 Å². The topological polar surface area (TPSA) is 32.9 Å². The molecule has 2 heterocycles. The summed E-state index contributed by atoms with van der Waals surface area (Å²) in [5, 5.41) is 12.2. The Labute approximate surface area is 102 Å². The Morgan fingerprint density at radius 2 is 2.06 bits per heavy atom. The lowest BCUT2D eigenvalue weighted by atomic mass is 10.4. The summed E-state index contributed by atoms with van der Waals surface area (Å²) in [7, 11) is 0. The van der Waals surface area contributed by atoms with E-state index in [0.29, 0.717) is 6.67 Å². The second-order valence-corrected chi connectivity index (χ2v) is 4.26. The highest BCUT2D eigenvalue weighted by Gasteiger charge is 2.25. The van der Waals surface area contributed by atoms with Crippen LogP contribution < -0.4 is 12.4 Å². The van der Waals surface area contributed by atoms with E-state index in [1.54, 1.807) is 6.20 Å². The highest BCUT2D eigenvalue weighted by Crippen LogP contribution is 2.19. The van der Waals surface area contributed by atoms with Crippen molar-refractivity contribution in [2.45, 2.75) is 26.4 Å². The van der Waals surface area contributed by atoms with Crippen molar-refractivity contribution in [2.75, 3.05) is 13.1 Å². The van der Waals surface area contributed by atoms with Gasteiger partial charge >= 0.3 is 0 Å². The first-order valence-electron chi connectivity index (χ1n) is 5.41. The molecular formula is C11H18ClN3O. The second kappa shape index (κ2) is 4.99. The number of aromatic nitrogens is 2. The Hall–Kier alpha value is -0.840. The van der Waals surface area contributed by atoms with Crippen molar-refractivity contribution in [3.05, 3.63) is 30.0 Å². The Kier molecular flexibility index (Phi) is 4.13. The fourth-order valence-electron chi connectivity index (χ4n) is 2.19. The van der Waals surface area contributed by atoms with Crippen molar-refractivity contribution >= 4 is 6.20 Å². The molecule has 0 aliphatic carbocycles. The van der Waals surface area contributed by atoms with Crippen LogP contribution in [0.1, 0.15) is 18.7 Å². The van der Waals surface area contributed by atoms with Crippen LogP contribution in [0, 0.1) is 12.1 Å². The molecule has 1 aromatic rings. The number of halogens is 1. The fraction of sp³-hybridized carbons (Fsp3) is 0.545. The maximum atomic E-state index is 12.2. The van der Waals surface area contributed by atoms with Gasteiger partial charge in [-0.15, -0.1) is 0 Å². The van der Waals surface area contributed by atoms with Gasteiger partial charge in [0, 0.05) is 19.8 Å². The van der Waals surface area contributed by atoms with Gasteiger partial charge in [-0.3, -0.25) is 0 Å². The molecule has 1 aromatic heterocycles. The van der Waals surface area contributed by atoms with Gasteiger partial charge in [0.15, 0.2) is 12.5 Å². The predicted molar refractivity (Wildman–Crippen MR) is 60.5 cm³/mol. The fourth-order valence-corrected chi connectivity index (χ4v) is 2.19. The van der Waals surface area contributed by atoms with Crippen molar-refractivity contribution in [2.24, 2.45) is 0 Å². The molecule has 0 spiro atoms. The Morgan fingerprint density at radius 1 is 1.44 bits per heavy atom. The van der Waals surface area contributed by atoms with E-state index in [1.807, 2.05) is 28.5 Å². The Bertz CT molecular complexity index is 369. The van der Waals surface area contributed by atoms with Crippen molar-refractivity contribution in [3.63, 3.8) is 0 Å². The highest BCUT2D eigenvalue weighted by atomic mass is 35.5. The number of likely N-dealkylation sites (tertiary alicyclic amines) is 1. The maximum absolute atomic E-state index is 12.2. The average molecular weight is 244 g/mol. The van der Waals surface area contributed by atoms with Gasteiger partial charge in [-0.25, -0.2) is 0 Å². The molecule has 16 heavy (non-hydrogen) atoms. The lowest BCUT2D eigenvalue weighted by Crippen LogP contribution is -3.00. The van der Waals surface area contributed by atoms with Crippen LogP contribution in [0.25, 0.3) is 6.20 Å². The summed E-state index contributed by atoms with van der Waals surface area (Å²) in [5.74, 6) is 1.06. The molecule has 1 aliphatic heterocycles. The van der Waals surface area contributed by atoms with Gasteiger partial charge < -0.3 is 22.3 Å². The van der Waals surface area contributed by atoms with E-state index in [1.165, 1.54) is 0 Å². The van der Waals surface area contributed by atoms with E-state index in [2.05, 4.69) is 6.58 Å². The number of hydrogen-bond donors (Lipinski definition) is 0. The van der Waals surface area contributed by atoms with Crippen molar-refractivity contribution in [1.82, 2.24) is 9.13 Å². The summed E-state index contributed by atoms with van der Waals surface area (Å²) < 4.78 is 3.87. The molecule has 0 aromatic carbocycles. The zero-order valence-corrected chi connectivity index (χ0v) is 10.4. The third-order valence-electron chi connectivity index (χ3n) is 3.18. The van der Waals surface area contributed by atoms with Crippen LogP contribution in [0.4, 0.5) is 0 Å². The molecule has 4 nitrogen and oxygen atoms in total. The predicted octanol–water partition coefficient (Wildman–Crippen LogP) is -0.950. The highest BCUT2D eigenvalue weighted by molar-refractivity contribution is 5.19. The van der Waals surface area contributed by atoms with Gasteiger partial charge in [0.1, 0.15) is 12.4 Å². The number of hydrogen-bond acceptors (Lipinski definition) is 1. The Morgan fingerprint density at radius 3 is 2.56 bits per heavy atom. The number of hydroxylamine groups is 3. The van der Waals surface area contributed by atoms with E-state index in [9.17, 15) is 5.21 Å². The first-order chi connectivity index (χ1) is 7.14. The third kappa shape index (κ3) is 2.45. The van der Waals surface area contributed by atoms with E-state index in [0.717, 1.165) is 31.8 Å². The number of quaternary nitrogens is 1. The van der Waals surface area contributed by atoms with Crippen LogP contribution >= 0.6 is 0 Å². The molecular weight excluding hydrogens is 226 g/mol. The quantitative estimate of drug-likeness (QED) is 0.383. The molecule has 1 saturated heterocycles. The third-order valence-corrected chi connectivity index (χ3v) is 3.18. The molecule has 5 heteroatoms. The normalized spacial score (nSPS) is 18.1. The largest absolute Gasteiger partial charge is 1.00 e. The van der Waals surface area contributed by atoms with Crippen molar-refractivity contribution in [1.29, 1.82) is 0 Å². The van der Waals surface area contributed by atoms with Crippen LogP contribution in [0.3, 0.4) is 0 Å². The van der Waals surface area contributed by atoms with Gasteiger partial charge in [-0.05, 0) is 6.58 Å². The van der Waals surface area contributed by atoms with Crippen molar-refractivity contribution in [3.8, 4) is 0 Å². The summed E-state index contributed by atoms with van der Waals surface area (Å²) in [6.45, 7) is 7.77. The van der Waals surface area contributed by atoms with Crippen LogP contribution in [0.2, 0.25) is 0 Å². The minimum atomic E-state index is -0.0767. The van der Waals surface area contributed by atoms with Gasteiger partial charge in [0.05, 0.1) is 19.3 Å². The smallest absolute Gasteiger partial charge is 0.180 e. The molecule has 2 rings (SSSR count). The van der Waals surface area contributed by atoms with Crippen LogP contribution in [0.15, 0.2) is 19.0 Å². The van der Waals surface area contributed by atoms with Gasteiger partial charge in [0.2, 0.25) is 0 Å². The molecule has 0 unspecified atom stereocenters. The van der Waals surface area contributed by atoms with Gasteiger partial charge in [-0.1, -0.05) is 0 Å². The summed E-state index contributed by atoms with van der Waals surface area (Å²) >= 11 is 0. The molecule has 1 fully saturated rings. The van der Waals surface area contributed by atoms with Crippen LogP contribution in [0.5, 0.6) is 0 Å². The molecule has 0 N–H and O–H groups in total. The number of rotatable bonds is 3. The first kappa shape index (κ1) is 13.2. The van der Waals surface area contributed by atoms with Crippen LogP contribution in [-0.4, -0.2) is 26.9 Å². The molecule has 0 atom stereocenters. The number of imidazole rings is 1. The summed E-state index contributed by atoms with van der Waals surface area (Å²) in [4.78, 5) is 0. The minimum Gasteiger partial charge on any atom is -1.00 e. The summed E-state index contributed by atoms with van der Waals surface area (Å²) in [5.41, 5.74) is 0. The molecule has 90 valence electrons. The summed E-state index contributed by atoms with van der Waals surface area (Å²) in [6.07, 6.45) is 7.76. The molecule has 0 bridgehead atoms. The molecule has 1 aliphatic rings. The van der Waals surface area contributed by atoms with Crippen molar-refractivity contribution < 1.29 is 17.1 Å². The maximum Gasteiger partial charge on any atom is 0.180 e. The zero-order valence-electron chi connectivity index (χ0n) is 9.60. The monoisotopic (exact) mass is 243 g/mol. The van der Waals surface area contributed by atoms with Gasteiger partial charge in [-0.2, -0.15) is 9.13 Å². The van der Waals surface area contributed by atoms with E-state index < -0.39 is 0 Å². The first-order valence-corrected chi connectivity index (χ1v) is 5.41. The zero-order chi connectivity index (χ0) is 10.9. The van der Waals surface area contributed by atoms with Crippen LogP contribution in [-0.2, 0) is 6.67 Å². The SMILES string of the molecule is C=Cn1ccn(C[N+]2([O-])CCCC2)[c+]1C.[Cl-]. The average Bonchev–Trinajstić information content (AvgIpc) is 2.76.